The first kappa shape index (κ1) is 13.6. The molecule has 94 valence electrons. The van der Waals surface area contributed by atoms with E-state index < -0.39 is 11.0 Å². The van der Waals surface area contributed by atoms with Crippen molar-refractivity contribution in [1.82, 2.24) is 5.32 Å². The van der Waals surface area contributed by atoms with Crippen LogP contribution in [0.1, 0.15) is 18.1 Å². The first-order chi connectivity index (χ1) is 8.10. The molecule has 2 atom stereocenters. The molecule has 0 fully saturated rings. The van der Waals surface area contributed by atoms with Crippen LogP contribution in [-0.4, -0.2) is 29.7 Å². The zero-order valence-corrected chi connectivity index (χ0v) is 9.67. The van der Waals surface area contributed by atoms with Crippen LogP contribution in [0.4, 0.5) is 5.69 Å². The summed E-state index contributed by atoms with van der Waals surface area (Å²) in [5, 5.41) is 23.5. The topological polar surface area (TPSA) is 101 Å². The molecule has 0 bridgehead atoms. The van der Waals surface area contributed by atoms with Crippen LogP contribution in [0.25, 0.3) is 0 Å². The van der Waals surface area contributed by atoms with E-state index in [1.54, 1.807) is 19.2 Å². The van der Waals surface area contributed by atoms with Crippen molar-refractivity contribution in [2.24, 2.45) is 5.73 Å². The van der Waals surface area contributed by atoms with Crippen LogP contribution in [0.2, 0.25) is 0 Å². The summed E-state index contributed by atoms with van der Waals surface area (Å²) in [6.45, 7) is 0.468. The van der Waals surface area contributed by atoms with Gasteiger partial charge in [0.2, 0.25) is 0 Å². The van der Waals surface area contributed by atoms with Crippen LogP contribution in [0.5, 0.6) is 0 Å². The van der Waals surface area contributed by atoms with Crippen LogP contribution < -0.4 is 11.1 Å². The lowest BCUT2D eigenvalue weighted by molar-refractivity contribution is -0.384. The van der Waals surface area contributed by atoms with Crippen molar-refractivity contribution in [3.05, 3.63) is 39.9 Å². The number of nitro benzene ring substituents is 1. The summed E-state index contributed by atoms with van der Waals surface area (Å²) in [7, 11) is 1.74. The fourth-order valence-electron chi connectivity index (χ4n) is 1.67. The third-order valence-corrected chi connectivity index (χ3v) is 2.68. The fourth-order valence-corrected chi connectivity index (χ4v) is 1.67. The van der Waals surface area contributed by atoms with E-state index in [0.717, 1.165) is 0 Å². The van der Waals surface area contributed by atoms with Gasteiger partial charge in [0, 0.05) is 18.2 Å². The number of nitro groups is 1. The number of hydrogen-bond acceptors (Lipinski definition) is 5. The molecule has 4 N–H and O–H groups in total. The standard InChI is InChI=1S/C11H17N3O3/c1-13-10(6-7-12)11(15)8-2-4-9(5-3-8)14(16)17/h2-5,10-11,13,15H,6-7,12H2,1H3. The summed E-state index contributed by atoms with van der Waals surface area (Å²) >= 11 is 0. The molecular weight excluding hydrogens is 222 g/mol. The van der Waals surface area contributed by atoms with E-state index in [2.05, 4.69) is 5.32 Å². The minimum atomic E-state index is -0.718. The molecule has 6 nitrogen and oxygen atoms in total. The normalized spacial score (nSPS) is 14.3. The first-order valence-electron chi connectivity index (χ1n) is 5.40. The fraction of sp³-hybridized carbons (Fsp3) is 0.455. The van der Waals surface area contributed by atoms with E-state index in [9.17, 15) is 15.2 Å². The van der Waals surface area contributed by atoms with Gasteiger partial charge in [-0.1, -0.05) is 0 Å². The Hall–Kier alpha value is -1.50. The van der Waals surface area contributed by atoms with Gasteiger partial charge in [-0.25, -0.2) is 0 Å². The number of nitrogens with zero attached hydrogens (tertiary/aromatic N) is 1. The highest BCUT2D eigenvalue weighted by Gasteiger charge is 2.19. The predicted octanol–water partition coefficient (Wildman–Crippen LogP) is 0.565. The highest BCUT2D eigenvalue weighted by Crippen LogP contribution is 2.21. The van der Waals surface area contributed by atoms with Gasteiger partial charge in [-0.2, -0.15) is 0 Å². The van der Waals surface area contributed by atoms with Gasteiger partial charge >= 0.3 is 0 Å². The van der Waals surface area contributed by atoms with Crippen molar-refractivity contribution in [2.45, 2.75) is 18.6 Å². The smallest absolute Gasteiger partial charge is 0.269 e. The molecule has 0 saturated heterocycles. The number of aliphatic hydroxyl groups excluding tert-OH is 1. The summed E-state index contributed by atoms with van der Waals surface area (Å²) in [6.07, 6.45) is -0.0846. The quantitative estimate of drug-likeness (QED) is 0.497. The molecule has 0 aliphatic heterocycles. The third-order valence-electron chi connectivity index (χ3n) is 2.68. The monoisotopic (exact) mass is 239 g/mol. The number of hydrogen-bond donors (Lipinski definition) is 3. The summed E-state index contributed by atoms with van der Waals surface area (Å²) in [4.78, 5) is 10.0. The van der Waals surface area contributed by atoms with Crippen molar-refractivity contribution in [1.29, 1.82) is 0 Å². The zero-order valence-electron chi connectivity index (χ0n) is 9.67. The van der Waals surface area contributed by atoms with Gasteiger partial charge < -0.3 is 16.2 Å². The van der Waals surface area contributed by atoms with Gasteiger partial charge in [0.25, 0.3) is 5.69 Å². The minimum Gasteiger partial charge on any atom is -0.387 e. The number of rotatable bonds is 6. The molecule has 1 rings (SSSR count). The molecule has 1 aromatic rings. The highest BCUT2D eigenvalue weighted by atomic mass is 16.6. The van der Waals surface area contributed by atoms with E-state index in [4.69, 9.17) is 5.73 Å². The molecule has 1 aromatic carbocycles. The number of non-ortho nitro benzene ring substituents is 1. The van der Waals surface area contributed by atoms with E-state index in [1.165, 1.54) is 12.1 Å². The van der Waals surface area contributed by atoms with E-state index in [1.807, 2.05) is 0 Å². The van der Waals surface area contributed by atoms with Gasteiger partial charge in [0.15, 0.2) is 0 Å². The Bertz CT molecular complexity index is 367. The molecule has 0 aliphatic carbocycles. The molecule has 6 heteroatoms. The first-order valence-corrected chi connectivity index (χ1v) is 5.40. The molecule has 0 aliphatic rings. The number of nitrogens with one attached hydrogen (secondary N) is 1. The SMILES string of the molecule is CNC(CCN)C(O)c1ccc([N+](=O)[O-])cc1. The number of benzene rings is 1. The molecule has 0 radical (unpaired) electrons. The average molecular weight is 239 g/mol. The second-order valence-corrected chi connectivity index (χ2v) is 3.77. The zero-order chi connectivity index (χ0) is 12.8. The van der Waals surface area contributed by atoms with Crippen molar-refractivity contribution in [2.75, 3.05) is 13.6 Å². The minimum absolute atomic E-state index is 0.0146. The molecule has 0 saturated carbocycles. The predicted molar refractivity (Wildman–Crippen MR) is 64.6 cm³/mol. The lowest BCUT2D eigenvalue weighted by Gasteiger charge is -2.22. The highest BCUT2D eigenvalue weighted by molar-refractivity contribution is 5.34. The molecule has 0 heterocycles. The van der Waals surface area contributed by atoms with Crippen LogP contribution in [0.15, 0.2) is 24.3 Å². The Morgan fingerprint density at radius 1 is 1.47 bits per heavy atom. The Balaban J connectivity index is 2.81. The van der Waals surface area contributed by atoms with Crippen LogP contribution in [-0.2, 0) is 0 Å². The Morgan fingerprint density at radius 3 is 2.47 bits per heavy atom. The summed E-state index contributed by atoms with van der Waals surface area (Å²) in [5.41, 5.74) is 6.10. The second-order valence-electron chi connectivity index (χ2n) is 3.77. The summed E-state index contributed by atoms with van der Waals surface area (Å²) in [5.74, 6) is 0. The van der Waals surface area contributed by atoms with Gasteiger partial charge in [-0.15, -0.1) is 0 Å². The third kappa shape index (κ3) is 3.48. The van der Waals surface area contributed by atoms with Crippen molar-refractivity contribution in [3.8, 4) is 0 Å². The number of nitrogens with two attached hydrogens (primary N) is 1. The summed E-state index contributed by atoms with van der Waals surface area (Å²) < 4.78 is 0. The van der Waals surface area contributed by atoms with Gasteiger partial charge in [-0.05, 0) is 37.7 Å². The molecular formula is C11H17N3O3. The van der Waals surface area contributed by atoms with Crippen LogP contribution in [0.3, 0.4) is 0 Å². The lowest BCUT2D eigenvalue weighted by atomic mass is 10.00. The summed E-state index contributed by atoms with van der Waals surface area (Å²) in [6, 6.07) is 5.73. The molecule has 0 amide bonds. The number of aliphatic hydroxyl groups is 1. The van der Waals surface area contributed by atoms with Crippen molar-refractivity contribution >= 4 is 5.69 Å². The Labute approximate surface area is 99.6 Å². The van der Waals surface area contributed by atoms with Crippen LogP contribution >= 0.6 is 0 Å². The van der Waals surface area contributed by atoms with Gasteiger partial charge in [0.1, 0.15) is 0 Å². The average Bonchev–Trinajstić information content (AvgIpc) is 2.35. The second kappa shape index (κ2) is 6.29. The molecule has 0 spiro atoms. The lowest BCUT2D eigenvalue weighted by Crippen LogP contribution is -2.34. The molecule has 0 aromatic heterocycles. The van der Waals surface area contributed by atoms with Gasteiger partial charge in [0.05, 0.1) is 11.0 Å². The molecule has 17 heavy (non-hydrogen) atoms. The largest absolute Gasteiger partial charge is 0.387 e. The van der Waals surface area contributed by atoms with E-state index in [-0.39, 0.29) is 11.7 Å². The maximum absolute atomic E-state index is 10.5. The number of likely N-dealkylation sites (N-methyl/N-ethyl adjacent to an activating group) is 1. The van der Waals surface area contributed by atoms with Crippen molar-refractivity contribution < 1.29 is 10.0 Å². The maximum atomic E-state index is 10.5. The Kier molecular flexibility index (Phi) is 5.02. The molecule has 2 unspecified atom stereocenters. The van der Waals surface area contributed by atoms with E-state index in [0.29, 0.717) is 18.5 Å². The maximum Gasteiger partial charge on any atom is 0.269 e. The van der Waals surface area contributed by atoms with E-state index >= 15 is 0 Å². The van der Waals surface area contributed by atoms with Crippen LogP contribution in [0, 0.1) is 10.1 Å². The Morgan fingerprint density at radius 2 is 2.06 bits per heavy atom. The van der Waals surface area contributed by atoms with Gasteiger partial charge in [-0.3, -0.25) is 10.1 Å². The van der Waals surface area contributed by atoms with Crippen molar-refractivity contribution in [3.63, 3.8) is 0 Å².